The molecule has 0 amide bonds. The third-order valence-electron chi connectivity index (χ3n) is 4.97. The van der Waals surface area contributed by atoms with E-state index >= 15 is 0 Å². The third kappa shape index (κ3) is 7.33. The fourth-order valence-corrected chi connectivity index (χ4v) is 3.47. The summed E-state index contributed by atoms with van der Waals surface area (Å²) >= 11 is 0. The number of alkyl halides is 3. The Labute approximate surface area is 152 Å². The molecule has 1 aromatic rings. The predicted octanol–water partition coefficient (Wildman–Crippen LogP) is 3.53. The van der Waals surface area contributed by atoms with Crippen molar-refractivity contribution in [3.8, 4) is 0 Å². The van der Waals surface area contributed by atoms with Gasteiger partial charge < -0.3 is 10.4 Å². The van der Waals surface area contributed by atoms with Crippen molar-refractivity contribution < 1.29 is 23.1 Å². The number of benzene rings is 1. The zero-order valence-electron chi connectivity index (χ0n) is 14.8. The summed E-state index contributed by atoms with van der Waals surface area (Å²) in [4.78, 5) is 11.5. The van der Waals surface area contributed by atoms with Crippen LogP contribution in [0.15, 0.2) is 30.3 Å². The number of hydrogen-bond acceptors (Lipinski definition) is 3. The Hall–Kier alpha value is -1.60. The van der Waals surface area contributed by atoms with Crippen LogP contribution in [0.2, 0.25) is 0 Å². The van der Waals surface area contributed by atoms with Gasteiger partial charge in [-0.25, -0.2) is 4.79 Å². The van der Waals surface area contributed by atoms with Crippen LogP contribution in [0, 0.1) is 11.8 Å². The maximum atomic E-state index is 10.6. The maximum Gasteiger partial charge on any atom is 0.490 e. The summed E-state index contributed by atoms with van der Waals surface area (Å²) in [6.07, 6.45) is 0.641. The van der Waals surface area contributed by atoms with Gasteiger partial charge >= 0.3 is 12.1 Å². The van der Waals surface area contributed by atoms with Crippen molar-refractivity contribution in [3.63, 3.8) is 0 Å². The predicted molar refractivity (Wildman–Crippen MR) is 93.7 cm³/mol. The highest BCUT2D eigenvalue weighted by Gasteiger charge is 2.38. The van der Waals surface area contributed by atoms with Crippen molar-refractivity contribution in [2.75, 3.05) is 26.2 Å². The number of halogens is 3. The summed E-state index contributed by atoms with van der Waals surface area (Å²) in [5.41, 5.74) is 1.46. The highest BCUT2D eigenvalue weighted by atomic mass is 19.4. The quantitative estimate of drug-likeness (QED) is 0.830. The largest absolute Gasteiger partial charge is 0.490 e. The van der Waals surface area contributed by atoms with Crippen LogP contribution in [0.4, 0.5) is 13.2 Å². The van der Waals surface area contributed by atoms with E-state index < -0.39 is 12.1 Å². The molecule has 0 aliphatic carbocycles. The number of carboxylic acid groups (broad SMARTS) is 1. The Bertz CT molecular complexity index is 539. The fourth-order valence-electron chi connectivity index (χ4n) is 3.47. The van der Waals surface area contributed by atoms with Gasteiger partial charge in [-0.15, -0.1) is 0 Å². The molecule has 0 atom stereocenters. The lowest BCUT2D eigenvalue weighted by Gasteiger charge is -2.40. The SMILES string of the molecule is O=C(O)C(F)(F)F.c1ccc(CN2CC(CCC3CCNCC3)C2)cc1. The van der Waals surface area contributed by atoms with E-state index in [0.29, 0.717) is 0 Å². The number of rotatable bonds is 5. The summed E-state index contributed by atoms with van der Waals surface area (Å²) < 4.78 is 31.7. The number of nitrogens with zero attached hydrogens (tertiary/aromatic N) is 1. The van der Waals surface area contributed by atoms with Gasteiger partial charge in [0.15, 0.2) is 0 Å². The lowest BCUT2D eigenvalue weighted by Crippen LogP contribution is -2.46. The van der Waals surface area contributed by atoms with Crippen molar-refractivity contribution in [3.05, 3.63) is 35.9 Å². The highest BCUT2D eigenvalue weighted by Crippen LogP contribution is 2.27. The first-order valence-corrected chi connectivity index (χ1v) is 9.11. The number of likely N-dealkylation sites (tertiary alicyclic amines) is 1. The molecule has 2 heterocycles. The Balaban J connectivity index is 0.000000298. The average Bonchev–Trinajstić information content (AvgIpc) is 2.58. The molecule has 0 bridgehead atoms. The van der Waals surface area contributed by atoms with Crippen LogP contribution in [-0.2, 0) is 11.3 Å². The van der Waals surface area contributed by atoms with E-state index in [9.17, 15) is 13.2 Å². The lowest BCUT2D eigenvalue weighted by atomic mass is 9.86. The minimum atomic E-state index is -5.08. The molecule has 0 saturated carbocycles. The summed E-state index contributed by atoms with van der Waals surface area (Å²) in [7, 11) is 0. The van der Waals surface area contributed by atoms with E-state index in [0.717, 1.165) is 18.4 Å². The number of nitrogens with one attached hydrogen (secondary N) is 1. The zero-order chi connectivity index (χ0) is 19.0. The molecule has 26 heavy (non-hydrogen) atoms. The third-order valence-corrected chi connectivity index (χ3v) is 4.97. The molecule has 2 aliphatic rings. The van der Waals surface area contributed by atoms with E-state index in [1.54, 1.807) is 0 Å². The molecule has 2 aliphatic heterocycles. The maximum absolute atomic E-state index is 10.6. The minimum Gasteiger partial charge on any atom is -0.475 e. The molecule has 0 radical (unpaired) electrons. The van der Waals surface area contributed by atoms with Crippen molar-refractivity contribution >= 4 is 5.97 Å². The van der Waals surface area contributed by atoms with Crippen molar-refractivity contribution in [2.45, 2.75) is 38.4 Å². The van der Waals surface area contributed by atoms with Crippen LogP contribution in [0.3, 0.4) is 0 Å². The number of hydrogen-bond donors (Lipinski definition) is 2. The molecule has 2 N–H and O–H groups in total. The van der Waals surface area contributed by atoms with Crippen LogP contribution in [0.1, 0.15) is 31.2 Å². The molecule has 2 saturated heterocycles. The van der Waals surface area contributed by atoms with Gasteiger partial charge in [0.1, 0.15) is 0 Å². The van der Waals surface area contributed by atoms with Crippen molar-refractivity contribution in [1.29, 1.82) is 0 Å². The molecule has 3 rings (SSSR count). The second-order valence-electron chi connectivity index (χ2n) is 7.12. The second-order valence-corrected chi connectivity index (χ2v) is 7.12. The summed E-state index contributed by atoms with van der Waals surface area (Å²) in [5, 5.41) is 10.6. The Morgan fingerprint density at radius 3 is 2.15 bits per heavy atom. The monoisotopic (exact) mass is 372 g/mol. The molecular formula is C19H27F3N2O2. The van der Waals surface area contributed by atoms with Gasteiger partial charge in [0.2, 0.25) is 0 Å². The first kappa shape index (κ1) is 20.7. The Morgan fingerprint density at radius 1 is 1.08 bits per heavy atom. The first-order valence-electron chi connectivity index (χ1n) is 9.11. The van der Waals surface area contributed by atoms with Crippen LogP contribution in [-0.4, -0.2) is 48.3 Å². The van der Waals surface area contributed by atoms with Crippen LogP contribution >= 0.6 is 0 Å². The molecule has 146 valence electrons. The second kappa shape index (κ2) is 9.92. The number of carboxylic acids is 1. The van der Waals surface area contributed by atoms with Crippen LogP contribution in [0.5, 0.6) is 0 Å². The van der Waals surface area contributed by atoms with E-state index in [-0.39, 0.29) is 0 Å². The molecule has 1 aromatic carbocycles. The molecule has 0 aromatic heterocycles. The van der Waals surface area contributed by atoms with E-state index in [2.05, 4.69) is 40.5 Å². The standard InChI is InChI=1S/C17H26N2.C2HF3O2/c1-2-4-16(5-3-1)12-19-13-17(14-19)7-6-15-8-10-18-11-9-15;3-2(4,5)1(6)7/h1-5,15,17-18H,6-14H2;(H,6,7). The van der Waals surface area contributed by atoms with Gasteiger partial charge in [0.05, 0.1) is 0 Å². The van der Waals surface area contributed by atoms with Crippen LogP contribution in [0.25, 0.3) is 0 Å². The molecule has 0 spiro atoms. The van der Waals surface area contributed by atoms with Crippen molar-refractivity contribution in [1.82, 2.24) is 10.2 Å². The van der Waals surface area contributed by atoms with Crippen LogP contribution < -0.4 is 5.32 Å². The molecule has 7 heteroatoms. The van der Waals surface area contributed by atoms with Gasteiger partial charge in [0, 0.05) is 19.6 Å². The molecule has 2 fully saturated rings. The lowest BCUT2D eigenvalue weighted by molar-refractivity contribution is -0.192. The number of piperidine rings is 1. The number of carbonyl (C=O) groups is 1. The Kier molecular flexibility index (Phi) is 7.90. The van der Waals surface area contributed by atoms with Gasteiger partial charge in [-0.2, -0.15) is 13.2 Å². The van der Waals surface area contributed by atoms with Gasteiger partial charge in [0.25, 0.3) is 0 Å². The number of aliphatic carboxylic acids is 1. The minimum absolute atomic E-state index is 0.971. The Morgan fingerprint density at radius 2 is 1.62 bits per heavy atom. The van der Waals surface area contributed by atoms with E-state index in [4.69, 9.17) is 9.90 Å². The summed E-state index contributed by atoms with van der Waals surface area (Å²) in [5.74, 6) is -0.782. The molecule has 4 nitrogen and oxygen atoms in total. The van der Waals surface area contributed by atoms with E-state index in [1.165, 1.54) is 57.4 Å². The summed E-state index contributed by atoms with van der Waals surface area (Å²) in [6.45, 7) is 6.27. The molecule has 0 unspecified atom stereocenters. The average molecular weight is 372 g/mol. The van der Waals surface area contributed by atoms with Gasteiger partial charge in [-0.1, -0.05) is 30.3 Å². The first-order chi connectivity index (χ1) is 12.3. The topological polar surface area (TPSA) is 52.6 Å². The smallest absolute Gasteiger partial charge is 0.475 e. The van der Waals surface area contributed by atoms with Gasteiger partial charge in [-0.05, 0) is 56.2 Å². The molecular weight excluding hydrogens is 345 g/mol. The van der Waals surface area contributed by atoms with E-state index in [1.807, 2.05) is 0 Å². The highest BCUT2D eigenvalue weighted by molar-refractivity contribution is 5.73. The zero-order valence-corrected chi connectivity index (χ0v) is 14.8. The fraction of sp³-hybridized carbons (Fsp3) is 0.632. The normalized spacial score (nSPS) is 19.3. The van der Waals surface area contributed by atoms with Crippen molar-refractivity contribution in [2.24, 2.45) is 11.8 Å². The summed E-state index contributed by atoms with van der Waals surface area (Å²) in [6, 6.07) is 10.9. The van der Waals surface area contributed by atoms with Gasteiger partial charge in [-0.3, -0.25) is 4.90 Å².